The summed E-state index contributed by atoms with van der Waals surface area (Å²) in [7, 11) is 0. The lowest BCUT2D eigenvalue weighted by molar-refractivity contribution is 0.539. The standard InChI is InChI=1S/C28H25N3/c1-3-10-22(11-4-1)23-17-19-25(20-18-23)30-31-21-9-16-28(31)29-27-15-8-7-14-26(27)24-12-5-2-6-13-24/h1-8,10-15,17-20,30H,9,16,21H2. The predicted octanol–water partition coefficient (Wildman–Crippen LogP) is 7.17. The fraction of sp³-hybridized carbons (Fsp3) is 0.107. The van der Waals surface area contributed by atoms with Crippen molar-refractivity contribution in [2.75, 3.05) is 12.0 Å². The van der Waals surface area contributed by atoms with Gasteiger partial charge in [-0.15, -0.1) is 0 Å². The van der Waals surface area contributed by atoms with Gasteiger partial charge in [-0.25, -0.2) is 4.99 Å². The number of hydrazine groups is 1. The van der Waals surface area contributed by atoms with Crippen LogP contribution in [0.15, 0.2) is 114 Å². The molecule has 4 aromatic carbocycles. The lowest BCUT2D eigenvalue weighted by Gasteiger charge is -2.22. The van der Waals surface area contributed by atoms with Crippen LogP contribution < -0.4 is 5.43 Å². The van der Waals surface area contributed by atoms with E-state index in [1.165, 1.54) is 16.7 Å². The van der Waals surface area contributed by atoms with Crippen LogP contribution in [0.25, 0.3) is 22.3 Å². The smallest absolute Gasteiger partial charge is 0.123 e. The van der Waals surface area contributed by atoms with E-state index in [0.717, 1.165) is 42.2 Å². The summed E-state index contributed by atoms with van der Waals surface area (Å²) in [6, 6.07) is 37.9. The Labute approximate surface area is 183 Å². The summed E-state index contributed by atoms with van der Waals surface area (Å²) >= 11 is 0. The number of nitrogens with zero attached hydrogens (tertiary/aromatic N) is 2. The van der Waals surface area contributed by atoms with Crippen LogP contribution >= 0.6 is 0 Å². The van der Waals surface area contributed by atoms with Gasteiger partial charge in [-0.2, -0.15) is 0 Å². The minimum absolute atomic E-state index is 0.951. The normalized spacial score (nSPS) is 14.7. The third-order valence-corrected chi connectivity index (χ3v) is 5.59. The molecule has 0 amide bonds. The van der Waals surface area contributed by atoms with Gasteiger partial charge in [-0.1, -0.05) is 91.0 Å². The third-order valence-electron chi connectivity index (χ3n) is 5.59. The lowest BCUT2D eigenvalue weighted by Crippen LogP contribution is -2.30. The van der Waals surface area contributed by atoms with Gasteiger partial charge >= 0.3 is 0 Å². The average molecular weight is 404 g/mol. The van der Waals surface area contributed by atoms with Crippen molar-refractivity contribution in [2.45, 2.75) is 12.8 Å². The van der Waals surface area contributed by atoms with Crippen molar-refractivity contribution in [3.05, 3.63) is 109 Å². The maximum absolute atomic E-state index is 5.06. The maximum Gasteiger partial charge on any atom is 0.123 e. The molecule has 3 heteroatoms. The number of amidine groups is 1. The van der Waals surface area contributed by atoms with Gasteiger partial charge in [0.2, 0.25) is 0 Å². The Balaban J connectivity index is 1.37. The van der Waals surface area contributed by atoms with Gasteiger partial charge in [0.25, 0.3) is 0 Å². The fourth-order valence-corrected chi connectivity index (χ4v) is 3.99. The molecule has 0 saturated carbocycles. The molecule has 1 aliphatic heterocycles. The van der Waals surface area contributed by atoms with Gasteiger partial charge in [0.1, 0.15) is 5.84 Å². The second kappa shape index (κ2) is 8.88. The Morgan fingerprint density at radius 3 is 1.97 bits per heavy atom. The molecular formula is C28H25N3. The van der Waals surface area contributed by atoms with Crippen LogP contribution in [0.5, 0.6) is 0 Å². The minimum Gasteiger partial charge on any atom is -0.297 e. The van der Waals surface area contributed by atoms with Gasteiger partial charge in [0.05, 0.1) is 11.4 Å². The highest BCUT2D eigenvalue weighted by molar-refractivity contribution is 5.90. The molecule has 0 bridgehead atoms. The van der Waals surface area contributed by atoms with E-state index in [2.05, 4.69) is 107 Å². The molecule has 0 unspecified atom stereocenters. The van der Waals surface area contributed by atoms with Gasteiger partial charge in [0.15, 0.2) is 0 Å². The molecule has 0 spiro atoms. The molecular weight excluding hydrogens is 378 g/mol. The Morgan fingerprint density at radius 2 is 1.23 bits per heavy atom. The van der Waals surface area contributed by atoms with E-state index in [9.17, 15) is 0 Å². The Kier molecular flexibility index (Phi) is 5.48. The highest BCUT2D eigenvalue weighted by Gasteiger charge is 2.19. The monoisotopic (exact) mass is 403 g/mol. The molecule has 0 aliphatic carbocycles. The van der Waals surface area contributed by atoms with Crippen molar-refractivity contribution in [1.82, 2.24) is 5.01 Å². The molecule has 1 fully saturated rings. The van der Waals surface area contributed by atoms with E-state index in [4.69, 9.17) is 4.99 Å². The van der Waals surface area contributed by atoms with Crippen LogP contribution in [0.2, 0.25) is 0 Å². The molecule has 1 heterocycles. The van der Waals surface area contributed by atoms with Crippen molar-refractivity contribution in [3.63, 3.8) is 0 Å². The van der Waals surface area contributed by atoms with Crippen LogP contribution in [-0.4, -0.2) is 17.4 Å². The molecule has 5 rings (SSSR count). The number of hydrogen-bond donors (Lipinski definition) is 1. The SMILES string of the molecule is c1ccc(-c2ccc(NN3CCCC3=Nc3ccccc3-c3ccccc3)cc2)cc1. The Bertz CT molecular complexity index is 1170. The van der Waals surface area contributed by atoms with Crippen molar-refractivity contribution in [2.24, 2.45) is 4.99 Å². The number of aliphatic imine (C=N–C) groups is 1. The molecule has 4 aromatic rings. The van der Waals surface area contributed by atoms with Crippen molar-refractivity contribution < 1.29 is 0 Å². The number of anilines is 1. The van der Waals surface area contributed by atoms with Gasteiger partial charge in [0, 0.05) is 18.5 Å². The average Bonchev–Trinajstić information content (AvgIpc) is 3.27. The first-order valence-electron chi connectivity index (χ1n) is 10.8. The van der Waals surface area contributed by atoms with E-state index in [1.807, 2.05) is 12.1 Å². The molecule has 1 aliphatic rings. The zero-order chi connectivity index (χ0) is 20.9. The summed E-state index contributed by atoms with van der Waals surface area (Å²) in [6.07, 6.45) is 2.07. The predicted molar refractivity (Wildman–Crippen MR) is 130 cm³/mol. The van der Waals surface area contributed by atoms with Gasteiger partial charge in [-0.05, 0) is 41.3 Å². The van der Waals surface area contributed by atoms with Gasteiger partial charge in [-0.3, -0.25) is 10.4 Å². The van der Waals surface area contributed by atoms with Crippen LogP contribution in [0.4, 0.5) is 11.4 Å². The number of nitrogens with one attached hydrogen (secondary N) is 1. The summed E-state index contributed by atoms with van der Waals surface area (Å²) in [5.74, 6) is 1.08. The summed E-state index contributed by atoms with van der Waals surface area (Å²) in [4.78, 5) is 5.06. The molecule has 31 heavy (non-hydrogen) atoms. The van der Waals surface area contributed by atoms with Crippen LogP contribution in [0, 0.1) is 0 Å². The summed E-state index contributed by atoms with van der Waals surface area (Å²) in [5.41, 5.74) is 10.4. The van der Waals surface area contributed by atoms with E-state index in [1.54, 1.807) is 0 Å². The first-order valence-corrected chi connectivity index (χ1v) is 10.8. The van der Waals surface area contributed by atoms with E-state index in [0.29, 0.717) is 0 Å². The van der Waals surface area contributed by atoms with Crippen LogP contribution in [-0.2, 0) is 0 Å². The number of rotatable bonds is 5. The molecule has 0 atom stereocenters. The van der Waals surface area contributed by atoms with Crippen molar-refractivity contribution >= 4 is 17.2 Å². The molecule has 0 radical (unpaired) electrons. The highest BCUT2D eigenvalue weighted by Crippen LogP contribution is 2.31. The Morgan fingerprint density at radius 1 is 0.613 bits per heavy atom. The molecule has 1 saturated heterocycles. The fourth-order valence-electron chi connectivity index (χ4n) is 3.99. The van der Waals surface area contributed by atoms with Crippen LogP contribution in [0.3, 0.4) is 0 Å². The molecule has 0 aromatic heterocycles. The number of para-hydroxylation sites is 1. The van der Waals surface area contributed by atoms with Crippen molar-refractivity contribution in [3.8, 4) is 22.3 Å². The second-order valence-electron chi connectivity index (χ2n) is 7.72. The Hall–Kier alpha value is -3.85. The first-order chi connectivity index (χ1) is 15.4. The third kappa shape index (κ3) is 4.36. The van der Waals surface area contributed by atoms with E-state index in [-0.39, 0.29) is 0 Å². The summed E-state index contributed by atoms with van der Waals surface area (Å²) < 4.78 is 0. The van der Waals surface area contributed by atoms with E-state index < -0.39 is 0 Å². The zero-order valence-electron chi connectivity index (χ0n) is 17.4. The van der Waals surface area contributed by atoms with E-state index >= 15 is 0 Å². The quantitative estimate of drug-likeness (QED) is 0.382. The van der Waals surface area contributed by atoms with Gasteiger partial charge < -0.3 is 0 Å². The zero-order valence-corrected chi connectivity index (χ0v) is 17.4. The second-order valence-corrected chi connectivity index (χ2v) is 7.72. The van der Waals surface area contributed by atoms with Crippen LogP contribution in [0.1, 0.15) is 12.8 Å². The molecule has 3 nitrogen and oxygen atoms in total. The minimum atomic E-state index is 0.951. The summed E-state index contributed by atoms with van der Waals surface area (Å²) in [6.45, 7) is 0.951. The molecule has 1 N–H and O–H groups in total. The summed E-state index contributed by atoms with van der Waals surface area (Å²) in [5, 5.41) is 2.18. The molecule has 152 valence electrons. The van der Waals surface area contributed by atoms with Crippen molar-refractivity contribution in [1.29, 1.82) is 0 Å². The largest absolute Gasteiger partial charge is 0.297 e. The topological polar surface area (TPSA) is 27.6 Å². The first kappa shape index (κ1) is 19.1. The lowest BCUT2D eigenvalue weighted by atomic mass is 10.0. The number of hydrogen-bond acceptors (Lipinski definition) is 2. The highest BCUT2D eigenvalue weighted by atomic mass is 15.5. The number of benzene rings is 4. The maximum atomic E-state index is 5.06.